The largest absolute Gasteiger partial charge is 0.489 e. The number of carbonyl (C=O) groups excluding carboxylic acids is 1. The lowest BCUT2D eigenvalue weighted by Crippen LogP contribution is -2.14. The average molecular weight is 420 g/mol. The zero-order valence-electron chi connectivity index (χ0n) is 16.6. The summed E-state index contributed by atoms with van der Waals surface area (Å²) in [4.78, 5) is 12.6. The molecule has 2 heterocycles. The van der Waals surface area contributed by atoms with Crippen LogP contribution in [-0.2, 0) is 13.2 Å². The first kappa shape index (κ1) is 19.7. The van der Waals surface area contributed by atoms with Crippen molar-refractivity contribution in [1.29, 1.82) is 0 Å². The van der Waals surface area contributed by atoms with Crippen LogP contribution < -0.4 is 10.1 Å². The van der Waals surface area contributed by atoms with Crippen molar-refractivity contribution in [2.45, 2.75) is 27.0 Å². The molecule has 9 heteroatoms. The highest BCUT2D eigenvalue weighted by molar-refractivity contribution is 6.99. The molecule has 0 atom stereocenters. The van der Waals surface area contributed by atoms with Crippen molar-refractivity contribution in [2.24, 2.45) is 0 Å². The average Bonchev–Trinajstić information content (AvgIpc) is 3.34. The second-order valence-electron chi connectivity index (χ2n) is 6.73. The molecule has 1 amide bonds. The summed E-state index contributed by atoms with van der Waals surface area (Å²) >= 11 is 1.16. The lowest BCUT2D eigenvalue weighted by atomic mass is 10.2. The van der Waals surface area contributed by atoms with Gasteiger partial charge in [-0.05, 0) is 43.7 Å². The van der Waals surface area contributed by atoms with E-state index >= 15 is 0 Å². The Labute approximate surface area is 177 Å². The number of aromatic nitrogens is 5. The number of nitrogens with zero attached hydrogens (tertiary/aromatic N) is 5. The second-order valence-corrected chi connectivity index (χ2v) is 7.26. The number of carbonyl (C=O) groups is 1. The van der Waals surface area contributed by atoms with Crippen LogP contribution in [-0.4, -0.2) is 29.6 Å². The molecule has 0 unspecified atom stereocenters. The summed E-state index contributed by atoms with van der Waals surface area (Å²) in [6.07, 6.45) is 0. The molecule has 0 saturated heterocycles. The van der Waals surface area contributed by atoms with Crippen LogP contribution in [0.3, 0.4) is 0 Å². The Morgan fingerprint density at radius 2 is 1.83 bits per heavy atom. The maximum absolute atomic E-state index is 12.6. The Morgan fingerprint density at radius 1 is 1.07 bits per heavy atom. The van der Waals surface area contributed by atoms with Gasteiger partial charge in [-0.25, -0.2) is 4.68 Å². The van der Waals surface area contributed by atoms with Crippen molar-refractivity contribution in [2.75, 3.05) is 5.32 Å². The molecule has 0 aliphatic heterocycles. The van der Waals surface area contributed by atoms with Crippen LogP contribution >= 0.6 is 11.7 Å². The molecular weight excluding hydrogens is 400 g/mol. The van der Waals surface area contributed by atoms with Crippen LogP contribution in [0.15, 0.2) is 54.6 Å². The highest BCUT2D eigenvalue weighted by atomic mass is 32.1. The number of ether oxygens (including phenoxy) is 1. The number of nitrogens with one attached hydrogen (secondary N) is 1. The molecule has 8 nitrogen and oxygen atoms in total. The molecule has 30 heavy (non-hydrogen) atoms. The van der Waals surface area contributed by atoms with Gasteiger partial charge in [0.15, 0.2) is 5.69 Å². The Hall–Kier alpha value is -3.59. The predicted octanol–water partition coefficient (Wildman–Crippen LogP) is 3.63. The number of benzene rings is 2. The van der Waals surface area contributed by atoms with Crippen LogP contribution in [0.5, 0.6) is 5.75 Å². The van der Waals surface area contributed by atoms with Crippen LogP contribution in [0.4, 0.5) is 5.69 Å². The minimum absolute atomic E-state index is 0.278. The third-order valence-electron chi connectivity index (χ3n) is 4.60. The van der Waals surface area contributed by atoms with E-state index in [1.807, 2.05) is 56.3 Å². The lowest BCUT2D eigenvalue weighted by molar-refractivity contribution is 0.102. The van der Waals surface area contributed by atoms with Gasteiger partial charge in [0.05, 0.1) is 35.4 Å². The molecule has 0 bridgehead atoms. The van der Waals surface area contributed by atoms with Gasteiger partial charge in [0.2, 0.25) is 0 Å². The third-order valence-corrected chi connectivity index (χ3v) is 5.26. The summed E-state index contributed by atoms with van der Waals surface area (Å²) in [6, 6.07) is 17.2. The first-order chi connectivity index (χ1) is 14.6. The number of hydrogen-bond acceptors (Lipinski definition) is 7. The van der Waals surface area contributed by atoms with E-state index in [0.29, 0.717) is 24.5 Å². The molecule has 0 aliphatic carbocycles. The Morgan fingerprint density at radius 3 is 2.53 bits per heavy atom. The fourth-order valence-corrected chi connectivity index (χ4v) is 3.38. The van der Waals surface area contributed by atoms with Gasteiger partial charge in [-0.2, -0.15) is 8.75 Å². The van der Waals surface area contributed by atoms with Crippen molar-refractivity contribution in [1.82, 2.24) is 23.7 Å². The number of anilines is 1. The van der Waals surface area contributed by atoms with Crippen molar-refractivity contribution < 1.29 is 9.53 Å². The SMILES string of the molecule is Cc1nsnc1Cn1nnc(C(=O)Nc2ccc(OCc3ccccc3)cc2)c1C. The molecule has 152 valence electrons. The fourth-order valence-electron chi connectivity index (χ4n) is 2.82. The van der Waals surface area contributed by atoms with E-state index in [1.165, 1.54) is 0 Å². The van der Waals surface area contributed by atoms with E-state index in [4.69, 9.17) is 4.74 Å². The van der Waals surface area contributed by atoms with Gasteiger partial charge in [-0.1, -0.05) is 35.5 Å². The quantitative estimate of drug-likeness (QED) is 0.491. The second kappa shape index (κ2) is 8.83. The zero-order valence-corrected chi connectivity index (χ0v) is 17.4. The van der Waals surface area contributed by atoms with Crippen LogP contribution in [0.1, 0.15) is 33.1 Å². The Kier molecular flexibility index (Phi) is 5.80. The fraction of sp³-hybridized carbons (Fsp3) is 0.190. The molecule has 0 aliphatic rings. The molecule has 0 spiro atoms. The number of hydrogen-bond donors (Lipinski definition) is 1. The first-order valence-corrected chi connectivity index (χ1v) is 10.1. The molecule has 0 fully saturated rings. The van der Waals surface area contributed by atoms with E-state index in [1.54, 1.807) is 16.8 Å². The van der Waals surface area contributed by atoms with Crippen molar-refractivity contribution in [3.8, 4) is 5.75 Å². The minimum atomic E-state index is -0.315. The number of rotatable bonds is 7. The topological polar surface area (TPSA) is 94.8 Å². The number of aryl methyl sites for hydroxylation is 1. The van der Waals surface area contributed by atoms with Crippen LogP contribution in [0, 0.1) is 13.8 Å². The zero-order chi connectivity index (χ0) is 20.9. The van der Waals surface area contributed by atoms with Gasteiger partial charge in [0.1, 0.15) is 12.4 Å². The van der Waals surface area contributed by atoms with E-state index < -0.39 is 0 Å². The summed E-state index contributed by atoms with van der Waals surface area (Å²) in [5.41, 5.74) is 4.38. The molecule has 2 aromatic heterocycles. The summed E-state index contributed by atoms with van der Waals surface area (Å²) in [7, 11) is 0. The van der Waals surface area contributed by atoms with Gasteiger partial charge < -0.3 is 10.1 Å². The Balaban J connectivity index is 1.37. The van der Waals surface area contributed by atoms with Crippen LogP contribution in [0.2, 0.25) is 0 Å². The van der Waals surface area contributed by atoms with Crippen molar-refractivity contribution >= 4 is 23.3 Å². The van der Waals surface area contributed by atoms with Gasteiger partial charge in [0.25, 0.3) is 5.91 Å². The Bertz CT molecular complexity index is 1140. The summed E-state index contributed by atoms with van der Waals surface area (Å²) < 4.78 is 15.8. The summed E-state index contributed by atoms with van der Waals surface area (Å²) in [6.45, 7) is 4.63. The van der Waals surface area contributed by atoms with Crippen molar-refractivity contribution in [3.05, 3.63) is 82.9 Å². The van der Waals surface area contributed by atoms with E-state index in [0.717, 1.165) is 34.4 Å². The summed E-state index contributed by atoms with van der Waals surface area (Å²) in [5.74, 6) is 0.413. The lowest BCUT2D eigenvalue weighted by Gasteiger charge is -2.08. The highest BCUT2D eigenvalue weighted by Gasteiger charge is 2.18. The maximum atomic E-state index is 12.6. The van der Waals surface area contributed by atoms with Gasteiger partial charge in [0, 0.05) is 5.69 Å². The van der Waals surface area contributed by atoms with Crippen molar-refractivity contribution in [3.63, 3.8) is 0 Å². The molecule has 0 radical (unpaired) electrons. The predicted molar refractivity (Wildman–Crippen MR) is 114 cm³/mol. The van der Waals surface area contributed by atoms with Gasteiger partial charge in [-0.15, -0.1) is 5.10 Å². The minimum Gasteiger partial charge on any atom is -0.489 e. The first-order valence-electron chi connectivity index (χ1n) is 9.36. The number of amides is 1. The standard InChI is InChI=1S/C21H20N6O2S/c1-14-19(25-30-24-14)12-27-15(2)20(23-26-27)21(28)22-17-8-10-18(11-9-17)29-13-16-6-4-3-5-7-16/h3-11H,12-13H2,1-2H3,(H,22,28). The molecule has 1 N–H and O–H groups in total. The van der Waals surface area contributed by atoms with E-state index in [2.05, 4.69) is 24.4 Å². The third kappa shape index (κ3) is 4.52. The molecule has 4 rings (SSSR count). The monoisotopic (exact) mass is 420 g/mol. The normalized spacial score (nSPS) is 10.7. The molecule has 4 aromatic rings. The van der Waals surface area contributed by atoms with Gasteiger partial charge >= 0.3 is 0 Å². The molecule has 2 aromatic carbocycles. The van der Waals surface area contributed by atoms with E-state index in [9.17, 15) is 4.79 Å². The van der Waals surface area contributed by atoms with E-state index in [-0.39, 0.29) is 11.6 Å². The van der Waals surface area contributed by atoms with Gasteiger partial charge in [-0.3, -0.25) is 4.79 Å². The molecular formula is C21H20N6O2S. The molecule has 0 saturated carbocycles. The maximum Gasteiger partial charge on any atom is 0.278 e. The smallest absolute Gasteiger partial charge is 0.278 e. The van der Waals surface area contributed by atoms with Crippen LogP contribution in [0.25, 0.3) is 0 Å². The highest BCUT2D eigenvalue weighted by Crippen LogP contribution is 2.18. The summed E-state index contributed by atoms with van der Waals surface area (Å²) in [5, 5.41) is 11.0.